The van der Waals surface area contributed by atoms with Gasteiger partial charge in [0, 0.05) is 5.69 Å². The number of hydrogen-bond donors (Lipinski definition) is 2. The number of phenols is 1. The van der Waals surface area contributed by atoms with Gasteiger partial charge in [-0.25, -0.2) is 13.4 Å². The molecule has 0 saturated carbocycles. The third-order valence-corrected chi connectivity index (χ3v) is 7.76. The van der Waals surface area contributed by atoms with E-state index in [2.05, 4.69) is 9.71 Å². The lowest BCUT2D eigenvalue weighted by Gasteiger charge is -2.08. The second kappa shape index (κ2) is 6.55. The van der Waals surface area contributed by atoms with E-state index in [1.54, 1.807) is 6.07 Å². The van der Waals surface area contributed by atoms with Gasteiger partial charge in [0.1, 0.15) is 15.0 Å². The summed E-state index contributed by atoms with van der Waals surface area (Å²) in [5.41, 5.74) is 1.63. The molecule has 0 saturated heterocycles. The Labute approximate surface area is 162 Å². The van der Waals surface area contributed by atoms with Crippen LogP contribution in [0.2, 0.25) is 4.34 Å². The van der Waals surface area contributed by atoms with Crippen LogP contribution < -0.4 is 4.72 Å². The van der Waals surface area contributed by atoms with E-state index in [4.69, 9.17) is 11.6 Å². The zero-order valence-electron chi connectivity index (χ0n) is 13.0. The number of thiazole rings is 1. The summed E-state index contributed by atoms with van der Waals surface area (Å²) in [4.78, 5) is 4.51. The number of benzene rings is 2. The van der Waals surface area contributed by atoms with Crippen molar-refractivity contribution in [3.63, 3.8) is 0 Å². The van der Waals surface area contributed by atoms with Crippen LogP contribution in [-0.4, -0.2) is 18.5 Å². The molecule has 132 valence electrons. The van der Waals surface area contributed by atoms with Crippen LogP contribution >= 0.6 is 34.3 Å². The molecule has 0 bridgehead atoms. The predicted octanol–water partition coefficient (Wildman–Crippen LogP) is 5.18. The number of aromatic nitrogens is 1. The number of nitrogens with one attached hydrogen (secondary N) is 1. The van der Waals surface area contributed by atoms with Gasteiger partial charge in [0.2, 0.25) is 0 Å². The molecule has 0 spiro atoms. The molecule has 0 aliphatic heterocycles. The zero-order valence-corrected chi connectivity index (χ0v) is 16.2. The van der Waals surface area contributed by atoms with Crippen LogP contribution in [0, 0.1) is 0 Å². The van der Waals surface area contributed by atoms with Crippen LogP contribution in [0.3, 0.4) is 0 Å². The van der Waals surface area contributed by atoms with Crippen molar-refractivity contribution in [2.45, 2.75) is 4.21 Å². The van der Waals surface area contributed by atoms with Crippen molar-refractivity contribution < 1.29 is 13.5 Å². The Balaban J connectivity index is 1.72. The molecule has 0 aliphatic rings. The van der Waals surface area contributed by atoms with Gasteiger partial charge in [-0.1, -0.05) is 23.7 Å². The number of phenolic OH excluding ortho intramolecular Hbond substituents is 1. The monoisotopic (exact) mass is 422 g/mol. The van der Waals surface area contributed by atoms with Crippen LogP contribution in [-0.2, 0) is 10.0 Å². The highest BCUT2D eigenvalue weighted by molar-refractivity contribution is 7.94. The first-order valence-corrected chi connectivity index (χ1v) is 10.9. The minimum absolute atomic E-state index is 0.0335. The molecule has 0 radical (unpaired) electrons. The summed E-state index contributed by atoms with van der Waals surface area (Å²) in [6.07, 6.45) is 0. The van der Waals surface area contributed by atoms with Crippen LogP contribution in [0.4, 0.5) is 5.69 Å². The molecule has 0 unspecified atom stereocenters. The number of anilines is 1. The average molecular weight is 423 g/mol. The third-order valence-electron chi connectivity index (χ3n) is 3.59. The number of fused-ring (bicyclic) bond motifs is 1. The number of halogens is 1. The summed E-state index contributed by atoms with van der Waals surface area (Å²) >= 11 is 8.22. The number of hydrogen-bond acceptors (Lipinski definition) is 6. The third kappa shape index (κ3) is 3.28. The van der Waals surface area contributed by atoms with Crippen LogP contribution in [0.25, 0.3) is 20.8 Å². The maximum Gasteiger partial charge on any atom is 0.271 e. The van der Waals surface area contributed by atoms with Gasteiger partial charge in [-0.15, -0.1) is 22.7 Å². The fourth-order valence-electron chi connectivity index (χ4n) is 2.41. The van der Waals surface area contributed by atoms with E-state index in [9.17, 15) is 13.5 Å². The quantitative estimate of drug-likeness (QED) is 0.444. The Hall–Kier alpha value is -2.13. The maximum atomic E-state index is 12.5. The number of para-hydroxylation sites is 1. The summed E-state index contributed by atoms with van der Waals surface area (Å²) in [5, 5.41) is 10.8. The van der Waals surface area contributed by atoms with E-state index in [-0.39, 0.29) is 9.96 Å². The Kier molecular flexibility index (Phi) is 4.36. The molecule has 0 fully saturated rings. The first kappa shape index (κ1) is 17.3. The standard InChI is InChI=1S/C17H11ClN2O3S3/c18-15-7-8-16(25-15)26(22,23)20-10-5-6-13(21)11(9-10)17-19-12-3-1-2-4-14(12)24-17/h1-9,20-21H. The summed E-state index contributed by atoms with van der Waals surface area (Å²) in [5.74, 6) is 0.0335. The molecule has 2 N–H and O–H groups in total. The summed E-state index contributed by atoms with van der Waals surface area (Å²) in [7, 11) is -3.74. The lowest BCUT2D eigenvalue weighted by Crippen LogP contribution is -2.11. The SMILES string of the molecule is O=S(=O)(Nc1ccc(O)c(-c2nc3ccccc3s2)c1)c1ccc(Cl)s1. The molecule has 5 nitrogen and oxygen atoms in total. The van der Waals surface area contributed by atoms with E-state index in [0.29, 0.717) is 20.6 Å². The van der Waals surface area contributed by atoms with Gasteiger partial charge in [-0.2, -0.15) is 0 Å². The molecule has 4 rings (SSSR count). The van der Waals surface area contributed by atoms with Gasteiger partial charge < -0.3 is 5.11 Å². The molecule has 26 heavy (non-hydrogen) atoms. The number of sulfonamides is 1. The fraction of sp³-hybridized carbons (Fsp3) is 0. The molecule has 0 atom stereocenters. The first-order valence-electron chi connectivity index (χ1n) is 7.39. The van der Waals surface area contributed by atoms with Crippen molar-refractivity contribution >= 4 is 60.2 Å². The van der Waals surface area contributed by atoms with E-state index in [1.807, 2.05) is 24.3 Å². The number of thiophene rings is 1. The topological polar surface area (TPSA) is 79.3 Å². The number of rotatable bonds is 4. The second-order valence-corrected chi connectivity index (χ2v) is 10.0. The highest BCUT2D eigenvalue weighted by Gasteiger charge is 2.18. The summed E-state index contributed by atoms with van der Waals surface area (Å²) in [6.45, 7) is 0. The highest BCUT2D eigenvalue weighted by Crippen LogP contribution is 2.37. The Morgan fingerprint density at radius 1 is 1.04 bits per heavy atom. The minimum atomic E-state index is -3.74. The van der Waals surface area contributed by atoms with Gasteiger partial charge in [0.25, 0.3) is 10.0 Å². The van der Waals surface area contributed by atoms with Crippen molar-refractivity contribution in [2.24, 2.45) is 0 Å². The normalized spacial score (nSPS) is 11.7. The Bertz CT molecular complexity index is 1180. The first-order chi connectivity index (χ1) is 12.4. The van der Waals surface area contributed by atoms with Gasteiger partial charge in [-0.05, 0) is 42.5 Å². The molecule has 0 amide bonds. The summed E-state index contributed by atoms with van der Waals surface area (Å²) < 4.78 is 28.9. The van der Waals surface area contributed by atoms with Gasteiger partial charge in [0.15, 0.2) is 0 Å². The number of nitrogens with zero attached hydrogens (tertiary/aromatic N) is 1. The predicted molar refractivity (Wildman–Crippen MR) is 107 cm³/mol. The van der Waals surface area contributed by atoms with Gasteiger partial charge in [0.05, 0.1) is 20.1 Å². The Morgan fingerprint density at radius 2 is 1.85 bits per heavy atom. The maximum absolute atomic E-state index is 12.5. The minimum Gasteiger partial charge on any atom is -0.507 e. The largest absolute Gasteiger partial charge is 0.507 e. The van der Waals surface area contributed by atoms with Crippen LogP contribution in [0.1, 0.15) is 0 Å². The van der Waals surface area contributed by atoms with E-state index in [0.717, 1.165) is 21.6 Å². The molecule has 2 aromatic carbocycles. The van der Waals surface area contributed by atoms with Crippen molar-refractivity contribution in [3.05, 3.63) is 58.9 Å². The van der Waals surface area contributed by atoms with Crippen molar-refractivity contribution in [3.8, 4) is 16.3 Å². The molecule has 0 aliphatic carbocycles. The van der Waals surface area contributed by atoms with Gasteiger partial charge >= 0.3 is 0 Å². The number of aromatic hydroxyl groups is 1. The molecule has 9 heteroatoms. The highest BCUT2D eigenvalue weighted by atomic mass is 35.5. The van der Waals surface area contributed by atoms with Crippen LogP contribution in [0.5, 0.6) is 5.75 Å². The smallest absolute Gasteiger partial charge is 0.271 e. The van der Waals surface area contributed by atoms with Gasteiger partial charge in [-0.3, -0.25) is 4.72 Å². The summed E-state index contributed by atoms with van der Waals surface area (Å²) in [6, 6.07) is 15.1. The van der Waals surface area contributed by atoms with E-state index in [1.165, 1.54) is 35.6 Å². The molecule has 4 aromatic rings. The Morgan fingerprint density at radius 3 is 2.58 bits per heavy atom. The fourth-order valence-corrected chi connectivity index (χ4v) is 5.93. The second-order valence-electron chi connectivity index (χ2n) is 5.38. The molecule has 2 heterocycles. The molecular formula is C17H11ClN2O3S3. The van der Waals surface area contributed by atoms with Crippen molar-refractivity contribution in [1.82, 2.24) is 4.98 Å². The van der Waals surface area contributed by atoms with Crippen molar-refractivity contribution in [2.75, 3.05) is 4.72 Å². The lowest BCUT2D eigenvalue weighted by molar-refractivity contribution is 0.477. The molecule has 2 aromatic heterocycles. The molecular weight excluding hydrogens is 412 g/mol. The average Bonchev–Trinajstić information content (AvgIpc) is 3.22. The van der Waals surface area contributed by atoms with E-state index < -0.39 is 10.0 Å². The van der Waals surface area contributed by atoms with Crippen LogP contribution in [0.15, 0.2) is 58.8 Å². The zero-order chi connectivity index (χ0) is 18.3. The van der Waals surface area contributed by atoms with E-state index >= 15 is 0 Å². The van der Waals surface area contributed by atoms with Crippen molar-refractivity contribution in [1.29, 1.82) is 0 Å². The lowest BCUT2D eigenvalue weighted by atomic mass is 10.2.